The van der Waals surface area contributed by atoms with Crippen LogP contribution >= 0.6 is 0 Å². The van der Waals surface area contributed by atoms with Crippen molar-refractivity contribution < 1.29 is 23.8 Å². The third-order valence-electron chi connectivity index (χ3n) is 3.18. The number of ether oxygens (including phenoxy) is 2. The third kappa shape index (κ3) is 2.67. The maximum absolute atomic E-state index is 10.8. The van der Waals surface area contributed by atoms with E-state index in [1.54, 1.807) is 0 Å². The average molecular weight is 274 g/mol. The summed E-state index contributed by atoms with van der Waals surface area (Å²) in [7, 11) is 0. The molecule has 1 fully saturated rings. The van der Waals surface area contributed by atoms with E-state index in [0.29, 0.717) is 12.4 Å². The Bertz CT molecular complexity index is 593. The van der Waals surface area contributed by atoms with Crippen LogP contribution in [0.15, 0.2) is 41.0 Å². The number of hydrogen-bond acceptors (Lipinski definition) is 4. The normalized spacial score (nSPS) is 18.1. The highest BCUT2D eigenvalue weighted by Gasteiger charge is 2.17. The highest BCUT2D eigenvalue weighted by atomic mass is 16.5. The van der Waals surface area contributed by atoms with Crippen molar-refractivity contribution in [3.8, 4) is 17.1 Å². The number of rotatable bonds is 4. The van der Waals surface area contributed by atoms with Gasteiger partial charge in [-0.15, -0.1) is 0 Å². The van der Waals surface area contributed by atoms with E-state index in [1.807, 2.05) is 24.3 Å². The zero-order valence-electron chi connectivity index (χ0n) is 10.7. The van der Waals surface area contributed by atoms with Crippen LogP contribution in [0.3, 0.4) is 0 Å². The lowest BCUT2D eigenvalue weighted by atomic mass is 10.1. The van der Waals surface area contributed by atoms with Gasteiger partial charge in [-0.2, -0.15) is 0 Å². The Morgan fingerprint density at radius 1 is 1.30 bits per heavy atom. The van der Waals surface area contributed by atoms with Gasteiger partial charge >= 0.3 is 5.97 Å². The summed E-state index contributed by atoms with van der Waals surface area (Å²) in [5.74, 6) is 0.300. The molecule has 1 saturated heterocycles. The van der Waals surface area contributed by atoms with Crippen LogP contribution in [0.4, 0.5) is 0 Å². The van der Waals surface area contributed by atoms with Gasteiger partial charge in [-0.3, -0.25) is 0 Å². The number of carbonyl (C=O) groups is 1. The van der Waals surface area contributed by atoms with Crippen LogP contribution < -0.4 is 4.74 Å². The molecule has 3 rings (SSSR count). The Morgan fingerprint density at radius 3 is 2.70 bits per heavy atom. The van der Waals surface area contributed by atoms with Crippen LogP contribution in [0.25, 0.3) is 11.3 Å². The number of hydrogen-bond donors (Lipinski definition) is 1. The molecule has 0 spiro atoms. The van der Waals surface area contributed by atoms with Crippen LogP contribution in [-0.4, -0.2) is 30.4 Å². The van der Waals surface area contributed by atoms with Crippen molar-refractivity contribution in [2.24, 2.45) is 0 Å². The number of aromatic carboxylic acids is 1. The molecule has 2 heterocycles. The number of carboxylic acids is 1. The topological polar surface area (TPSA) is 68.9 Å². The van der Waals surface area contributed by atoms with Gasteiger partial charge in [-0.05, 0) is 30.3 Å². The van der Waals surface area contributed by atoms with E-state index < -0.39 is 5.97 Å². The van der Waals surface area contributed by atoms with Gasteiger partial charge in [0.1, 0.15) is 23.9 Å². The van der Waals surface area contributed by atoms with Gasteiger partial charge < -0.3 is 19.0 Å². The molecule has 1 N–H and O–H groups in total. The summed E-state index contributed by atoms with van der Waals surface area (Å²) >= 11 is 0. The molecule has 0 saturated carbocycles. The lowest BCUT2D eigenvalue weighted by Gasteiger charge is -2.11. The third-order valence-corrected chi connectivity index (χ3v) is 3.18. The van der Waals surface area contributed by atoms with Crippen molar-refractivity contribution in [1.29, 1.82) is 0 Å². The fourth-order valence-corrected chi connectivity index (χ4v) is 2.10. The minimum absolute atomic E-state index is 0.114. The summed E-state index contributed by atoms with van der Waals surface area (Å²) in [5, 5.41) is 8.86. The van der Waals surface area contributed by atoms with Gasteiger partial charge in [0, 0.05) is 12.0 Å². The zero-order valence-corrected chi connectivity index (χ0v) is 10.7. The first kappa shape index (κ1) is 12.7. The van der Waals surface area contributed by atoms with E-state index in [1.165, 1.54) is 12.3 Å². The second-order valence-electron chi connectivity index (χ2n) is 4.63. The lowest BCUT2D eigenvalue weighted by Crippen LogP contribution is -2.15. The van der Waals surface area contributed by atoms with E-state index in [4.69, 9.17) is 19.0 Å². The lowest BCUT2D eigenvalue weighted by molar-refractivity contribution is 0.0696. The van der Waals surface area contributed by atoms with Crippen LogP contribution in [0.5, 0.6) is 5.75 Å². The van der Waals surface area contributed by atoms with Crippen molar-refractivity contribution in [1.82, 2.24) is 0 Å². The SMILES string of the molecule is O=C(O)c1coc(-c2ccc(OC3CCOC3)cc2)c1. The smallest absolute Gasteiger partial charge is 0.338 e. The van der Waals surface area contributed by atoms with Crippen LogP contribution in [0.2, 0.25) is 0 Å². The van der Waals surface area contributed by atoms with Crippen molar-refractivity contribution in [3.63, 3.8) is 0 Å². The average Bonchev–Trinajstić information content (AvgIpc) is 3.10. The van der Waals surface area contributed by atoms with E-state index in [-0.39, 0.29) is 11.7 Å². The molecule has 1 aromatic carbocycles. The second kappa shape index (κ2) is 5.38. The predicted molar refractivity (Wildman–Crippen MR) is 71.0 cm³/mol. The van der Waals surface area contributed by atoms with Crippen molar-refractivity contribution in [3.05, 3.63) is 42.2 Å². The summed E-state index contributed by atoms with van der Waals surface area (Å²) in [6.45, 7) is 1.37. The molecule has 1 aliphatic heterocycles. The summed E-state index contributed by atoms with van der Waals surface area (Å²) in [4.78, 5) is 10.8. The van der Waals surface area contributed by atoms with Gasteiger partial charge in [-0.1, -0.05) is 0 Å². The van der Waals surface area contributed by atoms with Gasteiger partial charge in [0.2, 0.25) is 0 Å². The fourth-order valence-electron chi connectivity index (χ4n) is 2.10. The highest BCUT2D eigenvalue weighted by molar-refractivity contribution is 5.88. The predicted octanol–water partition coefficient (Wildman–Crippen LogP) is 2.81. The first-order valence-corrected chi connectivity index (χ1v) is 6.39. The minimum Gasteiger partial charge on any atom is -0.488 e. The summed E-state index contributed by atoms with van der Waals surface area (Å²) in [6, 6.07) is 8.88. The van der Waals surface area contributed by atoms with Crippen molar-refractivity contribution >= 4 is 5.97 Å². The maximum Gasteiger partial charge on any atom is 0.338 e. The summed E-state index contributed by atoms with van der Waals surface area (Å²) in [6.07, 6.45) is 2.25. The minimum atomic E-state index is -0.999. The monoisotopic (exact) mass is 274 g/mol. The molecule has 0 aliphatic carbocycles. The molecular weight excluding hydrogens is 260 g/mol. The van der Waals surface area contributed by atoms with Gasteiger partial charge in [0.05, 0.1) is 18.8 Å². The Morgan fingerprint density at radius 2 is 2.10 bits per heavy atom. The molecule has 5 heteroatoms. The molecule has 1 atom stereocenters. The van der Waals surface area contributed by atoms with E-state index >= 15 is 0 Å². The van der Waals surface area contributed by atoms with Crippen molar-refractivity contribution in [2.75, 3.05) is 13.2 Å². The van der Waals surface area contributed by atoms with E-state index in [9.17, 15) is 4.79 Å². The zero-order chi connectivity index (χ0) is 13.9. The second-order valence-corrected chi connectivity index (χ2v) is 4.63. The van der Waals surface area contributed by atoms with Crippen LogP contribution in [-0.2, 0) is 4.74 Å². The molecule has 2 aromatic rings. The van der Waals surface area contributed by atoms with Gasteiger partial charge in [0.25, 0.3) is 0 Å². The molecular formula is C15H14O5. The molecule has 104 valence electrons. The number of carboxylic acid groups (broad SMARTS) is 1. The van der Waals surface area contributed by atoms with Crippen LogP contribution in [0, 0.1) is 0 Å². The first-order chi connectivity index (χ1) is 9.72. The first-order valence-electron chi connectivity index (χ1n) is 6.39. The summed E-state index contributed by atoms with van der Waals surface area (Å²) < 4.78 is 16.3. The largest absolute Gasteiger partial charge is 0.488 e. The van der Waals surface area contributed by atoms with E-state index in [0.717, 1.165) is 24.3 Å². The van der Waals surface area contributed by atoms with E-state index in [2.05, 4.69) is 0 Å². The summed E-state index contributed by atoms with van der Waals surface area (Å²) in [5.41, 5.74) is 0.955. The van der Waals surface area contributed by atoms with Crippen molar-refractivity contribution in [2.45, 2.75) is 12.5 Å². The van der Waals surface area contributed by atoms with Crippen LogP contribution in [0.1, 0.15) is 16.8 Å². The Labute approximate surface area is 115 Å². The quantitative estimate of drug-likeness (QED) is 0.928. The van der Waals surface area contributed by atoms with Gasteiger partial charge in [0.15, 0.2) is 0 Å². The number of benzene rings is 1. The maximum atomic E-state index is 10.8. The molecule has 0 radical (unpaired) electrons. The molecule has 1 aromatic heterocycles. The Hall–Kier alpha value is -2.27. The highest BCUT2D eigenvalue weighted by Crippen LogP contribution is 2.25. The standard InChI is InChI=1S/C15H14O5/c16-15(17)11-7-14(19-8-11)10-1-3-12(4-2-10)20-13-5-6-18-9-13/h1-4,7-8,13H,5-6,9H2,(H,16,17). The Kier molecular flexibility index (Phi) is 3.43. The Balaban J connectivity index is 1.72. The molecule has 0 amide bonds. The molecule has 1 unspecified atom stereocenters. The number of furan rings is 1. The fraction of sp³-hybridized carbons (Fsp3) is 0.267. The molecule has 1 aliphatic rings. The molecule has 0 bridgehead atoms. The molecule has 20 heavy (non-hydrogen) atoms. The molecule has 5 nitrogen and oxygen atoms in total. The van der Waals surface area contributed by atoms with Gasteiger partial charge in [-0.25, -0.2) is 4.79 Å².